The predicted octanol–water partition coefficient (Wildman–Crippen LogP) is -9.49. The molecule has 13 heavy (non-hydrogen) atoms. The van der Waals surface area contributed by atoms with E-state index in [1.165, 1.54) is 0 Å². The molecule has 0 aromatic rings. The van der Waals surface area contributed by atoms with E-state index < -0.39 is 18.3 Å². The molecule has 0 aromatic carbocycles. The number of hydrogen-bond acceptors (Lipinski definition) is 8. The summed E-state index contributed by atoms with van der Waals surface area (Å²) in [7, 11) is -7.26. The Morgan fingerprint density at radius 2 is 0.769 bits per heavy atom. The van der Waals surface area contributed by atoms with Crippen LogP contribution in [0.1, 0.15) is 0 Å². The molecule has 0 aliphatic rings. The van der Waals surface area contributed by atoms with Crippen LogP contribution in [0, 0.1) is 0 Å². The minimum absolute atomic E-state index is 0. The maximum absolute atomic E-state index is 8.52. The van der Waals surface area contributed by atoms with E-state index in [0.717, 1.165) is 0 Å². The van der Waals surface area contributed by atoms with Crippen LogP contribution in [0.5, 0.6) is 0 Å². The molecule has 0 spiro atoms. The van der Waals surface area contributed by atoms with Crippen molar-refractivity contribution >= 4 is 41.4 Å². The van der Waals surface area contributed by atoms with Crippen LogP contribution in [0.3, 0.4) is 0 Å². The Morgan fingerprint density at radius 1 is 0.769 bits per heavy atom. The molecule has 13 heteroatoms. The van der Waals surface area contributed by atoms with Gasteiger partial charge in [0, 0.05) is 18.3 Å². The Labute approximate surface area is 126 Å². The van der Waals surface area contributed by atoms with Gasteiger partial charge in [-0.15, -0.1) is 0 Å². The van der Waals surface area contributed by atoms with Crippen molar-refractivity contribution in [3.8, 4) is 0 Å². The molecule has 0 aliphatic heterocycles. The van der Waals surface area contributed by atoms with Crippen molar-refractivity contribution in [3.05, 3.63) is 0 Å². The SMILES string of the molecule is O=[Si]([O-])[O-].O=[Si]([O-])[O-].[Fe+3].[Mg+2].[Na+].[OH-].[OH-]. The van der Waals surface area contributed by atoms with Crippen LogP contribution in [-0.2, 0) is 26.0 Å². The Balaban J connectivity index is -0.00000000800. The van der Waals surface area contributed by atoms with Crippen molar-refractivity contribution in [2.75, 3.05) is 0 Å². The van der Waals surface area contributed by atoms with Crippen LogP contribution in [0.4, 0.5) is 0 Å². The van der Waals surface area contributed by atoms with E-state index in [0.29, 0.717) is 0 Å². The molecule has 8 nitrogen and oxygen atoms in total. The van der Waals surface area contributed by atoms with E-state index >= 15 is 0 Å². The van der Waals surface area contributed by atoms with Gasteiger partial charge in [-0.2, -0.15) is 0 Å². The van der Waals surface area contributed by atoms with Gasteiger partial charge in [0.1, 0.15) is 0 Å². The molecule has 1 radical (unpaired) electrons. The molecule has 0 rings (SSSR count). The first-order chi connectivity index (χ1) is 3.46. The molecule has 2 N–H and O–H groups in total. The third-order valence-electron chi connectivity index (χ3n) is 0. The van der Waals surface area contributed by atoms with Crippen LogP contribution in [0.25, 0.3) is 0 Å². The topological polar surface area (TPSA) is 186 Å². The largest absolute Gasteiger partial charge is 3.00 e. The summed E-state index contributed by atoms with van der Waals surface area (Å²) in [5.41, 5.74) is 0. The molecule has 0 aromatic heterocycles. The summed E-state index contributed by atoms with van der Waals surface area (Å²) in [5.74, 6) is 0. The zero-order chi connectivity index (χ0) is 7.15. The van der Waals surface area contributed by atoms with Gasteiger partial charge in [0.25, 0.3) is 0 Å². The van der Waals surface area contributed by atoms with Crippen LogP contribution in [0.15, 0.2) is 0 Å². The van der Waals surface area contributed by atoms with Crippen molar-refractivity contribution < 1.29 is 85.7 Å². The fourth-order valence-electron chi connectivity index (χ4n) is 0. The third-order valence-corrected chi connectivity index (χ3v) is 0. The van der Waals surface area contributed by atoms with Crippen LogP contribution in [-0.4, -0.2) is 52.3 Å². The molecule has 0 atom stereocenters. The van der Waals surface area contributed by atoms with Gasteiger partial charge in [-0.3, -0.25) is 0 Å². The molecule has 0 heterocycles. The van der Waals surface area contributed by atoms with Gasteiger partial charge in [0.15, 0.2) is 0 Å². The van der Waals surface area contributed by atoms with E-state index in [2.05, 4.69) is 0 Å². The molecule has 0 unspecified atom stereocenters. The van der Waals surface area contributed by atoms with Crippen molar-refractivity contribution in [1.82, 2.24) is 0 Å². The van der Waals surface area contributed by atoms with Crippen molar-refractivity contribution in [2.24, 2.45) is 0 Å². The van der Waals surface area contributed by atoms with Crippen molar-refractivity contribution in [3.63, 3.8) is 0 Å². The smallest absolute Gasteiger partial charge is 0.870 e. The van der Waals surface area contributed by atoms with Gasteiger partial charge in [0.2, 0.25) is 0 Å². The van der Waals surface area contributed by atoms with Crippen LogP contribution < -0.4 is 48.7 Å². The summed E-state index contributed by atoms with van der Waals surface area (Å²) >= 11 is 0. The quantitative estimate of drug-likeness (QED) is 0.393. The monoisotopic (exact) mass is 289 g/mol. The first kappa shape index (κ1) is 47.1. The normalized spacial score (nSPS) is 3.69. The Hall–Kier alpha value is 1.44. The molecular formula is H2FeMgNaO8Si2. The zero-order valence-electron chi connectivity index (χ0n) is 6.40. The van der Waals surface area contributed by atoms with E-state index in [4.69, 9.17) is 28.1 Å². The summed E-state index contributed by atoms with van der Waals surface area (Å²) in [6, 6.07) is 0. The van der Waals surface area contributed by atoms with E-state index in [-0.39, 0.29) is 80.6 Å². The van der Waals surface area contributed by atoms with E-state index in [1.807, 2.05) is 0 Å². The van der Waals surface area contributed by atoms with Crippen LogP contribution in [0.2, 0.25) is 0 Å². The first-order valence-electron chi connectivity index (χ1n) is 1.22. The van der Waals surface area contributed by atoms with Gasteiger partial charge in [-0.05, 0) is 0 Å². The second-order valence-corrected chi connectivity index (χ2v) is 1.50. The van der Waals surface area contributed by atoms with Gasteiger partial charge in [-0.1, -0.05) is 0 Å². The Bertz CT molecular complexity index is 80.1. The molecule has 0 fully saturated rings. The van der Waals surface area contributed by atoms with Gasteiger partial charge in [0.05, 0.1) is 0 Å². The Morgan fingerprint density at radius 3 is 0.769 bits per heavy atom. The second-order valence-electron chi connectivity index (χ2n) is 0.500. The summed E-state index contributed by atoms with van der Waals surface area (Å²) < 4.78 is 17.0. The molecule has 0 saturated carbocycles. The minimum Gasteiger partial charge on any atom is -0.870 e. The maximum Gasteiger partial charge on any atom is 3.00 e. The first-order valence-corrected chi connectivity index (χ1v) is 3.67. The molecule has 0 bridgehead atoms. The molecular weight excluding hydrogens is 287 g/mol. The summed E-state index contributed by atoms with van der Waals surface area (Å²) in [4.78, 5) is 34.1. The molecule has 0 aliphatic carbocycles. The van der Waals surface area contributed by atoms with Gasteiger partial charge in [-0.25, -0.2) is 0 Å². The average molecular weight is 289 g/mol. The minimum atomic E-state index is -3.63. The average Bonchev–Trinajstić information content (AvgIpc) is 1.25. The van der Waals surface area contributed by atoms with Gasteiger partial charge < -0.3 is 39.1 Å². The van der Waals surface area contributed by atoms with E-state index in [1.54, 1.807) is 0 Å². The Kier molecular flexibility index (Phi) is 136. The van der Waals surface area contributed by atoms with Crippen molar-refractivity contribution in [1.29, 1.82) is 0 Å². The number of hydrogen-bond donors (Lipinski definition) is 0. The maximum atomic E-state index is 8.52. The molecule has 0 amide bonds. The molecule has 69 valence electrons. The molecule has 0 saturated heterocycles. The summed E-state index contributed by atoms with van der Waals surface area (Å²) in [6.07, 6.45) is 0. The fourth-order valence-corrected chi connectivity index (χ4v) is 0. The summed E-state index contributed by atoms with van der Waals surface area (Å²) in [5, 5.41) is 0. The number of rotatable bonds is 0. The zero-order valence-corrected chi connectivity index (χ0v) is 12.9. The van der Waals surface area contributed by atoms with Gasteiger partial charge >= 0.3 is 69.7 Å². The van der Waals surface area contributed by atoms with Crippen LogP contribution >= 0.6 is 0 Å². The van der Waals surface area contributed by atoms with E-state index in [9.17, 15) is 0 Å². The fraction of sp³-hybridized carbons (Fsp3) is 0. The summed E-state index contributed by atoms with van der Waals surface area (Å²) in [6.45, 7) is 0. The predicted molar refractivity (Wildman–Crippen MR) is 22.5 cm³/mol. The standard InChI is InChI=1S/Fe.Mg.Na.2O3Si.2H2O/c;;;2*1-4(2)3;;/h;;;;;2*1H2/q+3;+2;+1;2*-2;;/p-2. The third kappa shape index (κ3) is 849. The van der Waals surface area contributed by atoms with Crippen molar-refractivity contribution in [2.45, 2.75) is 0 Å². The second kappa shape index (κ2) is 37.6.